The molecule has 0 spiro atoms. The molecule has 1 aromatic heterocycles. The molecule has 5 nitrogen and oxygen atoms in total. The van der Waals surface area contributed by atoms with E-state index < -0.39 is 17.5 Å². The summed E-state index contributed by atoms with van der Waals surface area (Å²) in [5.74, 6) is -3.50. The van der Waals surface area contributed by atoms with Crippen molar-refractivity contribution in [1.29, 1.82) is 0 Å². The highest BCUT2D eigenvalue weighted by Gasteiger charge is 2.15. The summed E-state index contributed by atoms with van der Waals surface area (Å²) in [4.78, 5) is 11.0. The van der Waals surface area contributed by atoms with Crippen molar-refractivity contribution in [3.05, 3.63) is 65.6 Å². The van der Waals surface area contributed by atoms with E-state index in [9.17, 15) is 13.2 Å². The molecule has 1 saturated heterocycles. The van der Waals surface area contributed by atoms with Crippen molar-refractivity contribution in [1.82, 2.24) is 9.97 Å². The molecule has 0 radical (unpaired) electrons. The second-order valence-electron chi connectivity index (χ2n) is 6.93. The molecule has 4 rings (SSSR count). The molecule has 1 aliphatic heterocycles. The normalized spacial score (nSPS) is 13.6. The minimum absolute atomic E-state index is 0.206. The average Bonchev–Trinajstić information content (AvgIpc) is 3.23. The lowest BCUT2D eigenvalue weighted by atomic mass is 10.2. The van der Waals surface area contributed by atoms with E-state index in [4.69, 9.17) is 0 Å². The van der Waals surface area contributed by atoms with Crippen LogP contribution in [0.15, 0.2) is 42.5 Å². The van der Waals surface area contributed by atoms with Gasteiger partial charge in [0.1, 0.15) is 5.82 Å². The van der Waals surface area contributed by atoms with E-state index in [1.54, 1.807) is 13.0 Å². The quantitative estimate of drug-likeness (QED) is 0.571. The maximum Gasteiger partial charge on any atom is 0.229 e. The lowest BCUT2D eigenvalue weighted by molar-refractivity contribution is 0.449. The molecule has 2 aromatic carbocycles. The summed E-state index contributed by atoms with van der Waals surface area (Å²) >= 11 is 0. The summed E-state index contributed by atoms with van der Waals surface area (Å²) < 4.78 is 40.5. The van der Waals surface area contributed by atoms with Crippen LogP contribution >= 0.6 is 0 Å². The maximum atomic E-state index is 13.9. The molecule has 2 heterocycles. The minimum Gasteiger partial charge on any atom is -0.372 e. The fourth-order valence-corrected chi connectivity index (χ4v) is 3.31. The van der Waals surface area contributed by atoms with Crippen molar-refractivity contribution in [3.63, 3.8) is 0 Å². The largest absolute Gasteiger partial charge is 0.372 e. The number of aromatic nitrogens is 2. The molecule has 1 fully saturated rings. The molecule has 0 aliphatic carbocycles. The van der Waals surface area contributed by atoms with E-state index in [0.717, 1.165) is 30.9 Å². The maximum absolute atomic E-state index is 13.9. The number of benzene rings is 2. The highest BCUT2D eigenvalue weighted by Crippen LogP contribution is 2.26. The molecule has 29 heavy (non-hydrogen) atoms. The third-order valence-electron chi connectivity index (χ3n) is 4.75. The van der Waals surface area contributed by atoms with Crippen LogP contribution in [0.1, 0.15) is 18.5 Å². The summed E-state index contributed by atoms with van der Waals surface area (Å²) in [6, 6.07) is 11.5. The van der Waals surface area contributed by atoms with Crippen molar-refractivity contribution in [2.24, 2.45) is 0 Å². The second kappa shape index (κ2) is 7.98. The van der Waals surface area contributed by atoms with Crippen molar-refractivity contribution in [3.8, 4) is 0 Å². The van der Waals surface area contributed by atoms with E-state index in [-0.39, 0.29) is 11.5 Å². The van der Waals surface area contributed by atoms with Gasteiger partial charge in [-0.1, -0.05) is 0 Å². The van der Waals surface area contributed by atoms with Crippen LogP contribution in [0.4, 0.5) is 42.0 Å². The lowest BCUT2D eigenvalue weighted by Crippen LogP contribution is -2.17. The number of hydrogen-bond donors (Lipinski definition) is 2. The van der Waals surface area contributed by atoms with Gasteiger partial charge in [-0.2, -0.15) is 4.98 Å². The highest BCUT2D eigenvalue weighted by atomic mass is 19.2. The molecule has 0 unspecified atom stereocenters. The van der Waals surface area contributed by atoms with E-state index in [1.165, 1.54) is 18.5 Å². The Hall–Kier alpha value is -3.29. The van der Waals surface area contributed by atoms with Crippen LogP contribution in [-0.2, 0) is 0 Å². The van der Waals surface area contributed by atoms with Gasteiger partial charge in [0.15, 0.2) is 17.5 Å². The number of halogens is 3. The first-order valence-electron chi connectivity index (χ1n) is 9.38. The Morgan fingerprint density at radius 1 is 0.862 bits per heavy atom. The molecule has 0 amide bonds. The zero-order chi connectivity index (χ0) is 20.4. The van der Waals surface area contributed by atoms with E-state index in [0.29, 0.717) is 11.6 Å². The Balaban J connectivity index is 1.52. The van der Waals surface area contributed by atoms with E-state index >= 15 is 0 Å². The van der Waals surface area contributed by atoms with Crippen molar-refractivity contribution < 1.29 is 13.2 Å². The molecule has 2 N–H and O–H groups in total. The predicted octanol–water partition coefficient (Wildman–Crippen LogP) is 5.29. The number of rotatable bonds is 5. The fraction of sp³-hybridized carbons (Fsp3) is 0.238. The molecular weight excluding hydrogens is 379 g/mol. The van der Waals surface area contributed by atoms with Gasteiger partial charge in [-0.25, -0.2) is 18.2 Å². The minimum atomic E-state index is -1.53. The number of nitrogens with one attached hydrogen (secondary N) is 2. The van der Waals surface area contributed by atoms with Gasteiger partial charge in [-0.3, -0.25) is 0 Å². The molecule has 3 aromatic rings. The standard InChI is InChI=1S/C21H20F3N5/c1-13-12-18(27-17-9-8-16(22)19(23)20(17)24)28-21(25-13)26-14-4-6-15(7-5-14)29-10-2-3-11-29/h4-9,12H,2-3,10-11H2,1H3,(H2,25,26,27,28). The number of hydrogen-bond acceptors (Lipinski definition) is 5. The Kier molecular flexibility index (Phi) is 5.24. The second-order valence-corrected chi connectivity index (χ2v) is 6.93. The molecule has 1 aliphatic rings. The van der Waals surface area contributed by atoms with Gasteiger partial charge in [0.25, 0.3) is 0 Å². The fourth-order valence-electron chi connectivity index (χ4n) is 3.31. The van der Waals surface area contributed by atoms with Crippen LogP contribution in [0, 0.1) is 24.4 Å². The van der Waals surface area contributed by atoms with Crippen LogP contribution in [0.2, 0.25) is 0 Å². The molecule has 0 saturated carbocycles. The smallest absolute Gasteiger partial charge is 0.229 e. The molecule has 8 heteroatoms. The monoisotopic (exact) mass is 399 g/mol. The predicted molar refractivity (Wildman–Crippen MR) is 108 cm³/mol. The zero-order valence-corrected chi connectivity index (χ0v) is 15.8. The lowest BCUT2D eigenvalue weighted by Gasteiger charge is -2.18. The zero-order valence-electron chi connectivity index (χ0n) is 15.8. The van der Waals surface area contributed by atoms with Crippen LogP contribution < -0.4 is 15.5 Å². The highest BCUT2D eigenvalue weighted by molar-refractivity contribution is 5.62. The van der Waals surface area contributed by atoms with Gasteiger partial charge in [-0.15, -0.1) is 0 Å². The third-order valence-corrected chi connectivity index (χ3v) is 4.75. The molecular formula is C21H20F3N5. The summed E-state index contributed by atoms with van der Waals surface area (Å²) in [6.45, 7) is 3.91. The van der Waals surface area contributed by atoms with E-state index in [1.807, 2.05) is 24.3 Å². The molecule has 150 valence electrons. The number of anilines is 5. The topological polar surface area (TPSA) is 53.1 Å². The first-order chi connectivity index (χ1) is 14.0. The average molecular weight is 399 g/mol. The SMILES string of the molecule is Cc1cc(Nc2ccc(F)c(F)c2F)nc(Nc2ccc(N3CCCC3)cc2)n1. The van der Waals surface area contributed by atoms with Crippen LogP contribution in [0.5, 0.6) is 0 Å². The van der Waals surface area contributed by atoms with Crippen molar-refractivity contribution >= 4 is 28.8 Å². The Morgan fingerprint density at radius 2 is 1.59 bits per heavy atom. The van der Waals surface area contributed by atoms with E-state index in [2.05, 4.69) is 25.5 Å². The summed E-state index contributed by atoms with van der Waals surface area (Å²) in [5.41, 5.74) is 2.41. The number of nitrogens with zero attached hydrogens (tertiary/aromatic N) is 3. The Morgan fingerprint density at radius 3 is 2.31 bits per heavy atom. The summed E-state index contributed by atoms with van der Waals surface area (Å²) in [6.07, 6.45) is 2.43. The van der Waals surface area contributed by atoms with Gasteiger partial charge in [0.2, 0.25) is 5.95 Å². The van der Waals surface area contributed by atoms with Gasteiger partial charge in [0.05, 0.1) is 5.69 Å². The first kappa shape index (κ1) is 19.0. The third kappa shape index (κ3) is 4.26. The Labute approximate surface area is 166 Å². The van der Waals surface area contributed by atoms with Gasteiger partial charge in [0, 0.05) is 36.2 Å². The van der Waals surface area contributed by atoms with Crippen LogP contribution in [-0.4, -0.2) is 23.1 Å². The van der Waals surface area contributed by atoms with Crippen molar-refractivity contribution in [2.75, 3.05) is 28.6 Å². The Bertz CT molecular complexity index is 1020. The van der Waals surface area contributed by atoms with Gasteiger partial charge >= 0.3 is 0 Å². The number of aryl methyl sites for hydroxylation is 1. The van der Waals surface area contributed by atoms with Crippen molar-refractivity contribution in [2.45, 2.75) is 19.8 Å². The first-order valence-corrected chi connectivity index (χ1v) is 9.38. The van der Waals surface area contributed by atoms with Gasteiger partial charge < -0.3 is 15.5 Å². The molecule has 0 bridgehead atoms. The van der Waals surface area contributed by atoms with Gasteiger partial charge in [-0.05, 0) is 56.2 Å². The summed E-state index contributed by atoms with van der Waals surface area (Å²) in [7, 11) is 0. The molecule has 0 atom stereocenters. The summed E-state index contributed by atoms with van der Waals surface area (Å²) in [5, 5.41) is 5.79. The van der Waals surface area contributed by atoms with Crippen LogP contribution in [0.25, 0.3) is 0 Å². The van der Waals surface area contributed by atoms with Crippen LogP contribution in [0.3, 0.4) is 0 Å².